The van der Waals surface area contributed by atoms with Gasteiger partial charge in [-0.1, -0.05) is 0 Å². The smallest absolute Gasteiger partial charge is 0.236 e. The third kappa shape index (κ3) is 7.18. The molecule has 30 heavy (non-hydrogen) atoms. The van der Waals surface area contributed by atoms with Gasteiger partial charge < -0.3 is 29.3 Å². The van der Waals surface area contributed by atoms with Crippen molar-refractivity contribution in [1.29, 1.82) is 0 Å². The normalized spacial score (nSPS) is 23.1. The lowest BCUT2D eigenvalue weighted by Gasteiger charge is -2.38. The van der Waals surface area contributed by atoms with Gasteiger partial charge in [0.05, 0.1) is 31.9 Å². The molecule has 0 atom stereocenters. The number of hydrogen-bond donors (Lipinski definition) is 1. The van der Waals surface area contributed by atoms with Crippen molar-refractivity contribution >= 4 is 35.8 Å². The Morgan fingerprint density at radius 1 is 1.00 bits per heavy atom. The molecular formula is C20H38IN5O4. The third-order valence-electron chi connectivity index (χ3n) is 6.08. The van der Waals surface area contributed by atoms with Gasteiger partial charge in [0, 0.05) is 79.0 Å². The van der Waals surface area contributed by atoms with Gasteiger partial charge in [-0.05, 0) is 6.92 Å². The second-order valence-corrected chi connectivity index (χ2v) is 7.93. The van der Waals surface area contributed by atoms with Crippen molar-refractivity contribution < 1.29 is 19.0 Å². The molecular weight excluding hydrogens is 501 g/mol. The summed E-state index contributed by atoms with van der Waals surface area (Å²) in [4.78, 5) is 23.8. The molecule has 3 saturated heterocycles. The molecule has 174 valence electrons. The van der Waals surface area contributed by atoms with E-state index in [0.717, 1.165) is 64.7 Å². The van der Waals surface area contributed by atoms with Gasteiger partial charge in [-0.3, -0.25) is 14.7 Å². The number of carbonyl (C=O) groups excluding carboxylic acids is 1. The van der Waals surface area contributed by atoms with Crippen molar-refractivity contribution in [2.75, 3.05) is 92.4 Å². The van der Waals surface area contributed by atoms with E-state index in [1.165, 1.54) is 0 Å². The Balaban J connectivity index is 0.00000320. The minimum absolute atomic E-state index is 0. The molecule has 3 fully saturated rings. The van der Waals surface area contributed by atoms with Crippen LogP contribution in [-0.2, 0) is 19.0 Å². The number of nitrogens with one attached hydrogen (secondary N) is 1. The maximum atomic E-state index is 12.5. The van der Waals surface area contributed by atoms with E-state index in [0.29, 0.717) is 39.4 Å². The van der Waals surface area contributed by atoms with Crippen molar-refractivity contribution in [1.82, 2.24) is 20.0 Å². The van der Waals surface area contributed by atoms with Gasteiger partial charge in [0.2, 0.25) is 5.91 Å². The number of amides is 1. The largest absolute Gasteiger partial charge is 0.381 e. The van der Waals surface area contributed by atoms with Gasteiger partial charge in [-0.25, -0.2) is 0 Å². The van der Waals surface area contributed by atoms with E-state index in [1.807, 2.05) is 4.90 Å². The molecule has 1 N–H and O–H groups in total. The predicted molar refractivity (Wildman–Crippen MR) is 127 cm³/mol. The Kier molecular flexibility index (Phi) is 11.1. The first kappa shape index (κ1) is 25.6. The summed E-state index contributed by atoms with van der Waals surface area (Å²) in [6.07, 6.45) is 1.76. The lowest BCUT2D eigenvalue weighted by Crippen LogP contribution is -2.55. The standard InChI is InChI=1S/C20H37N5O4.HI/c1-3-21-19(22-17-20(27-2)4-12-28-13-5-20)25-8-6-23(7-9-25)16-18(26)24-10-14-29-15-11-24;/h3-17H2,1-2H3,(H,21,22);1H. The van der Waals surface area contributed by atoms with Crippen LogP contribution in [0.2, 0.25) is 0 Å². The van der Waals surface area contributed by atoms with E-state index >= 15 is 0 Å². The maximum absolute atomic E-state index is 12.5. The molecule has 0 aromatic carbocycles. The molecule has 3 heterocycles. The van der Waals surface area contributed by atoms with E-state index in [9.17, 15) is 4.79 Å². The highest BCUT2D eigenvalue weighted by molar-refractivity contribution is 14.0. The summed E-state index contributed by atoms with van der Waals surface area (Å²) in [7, 11) is 1.78. The SMILES string of the molecule is CCNC(=NCC1(OC)CCOCC1)N1CCN(CC(=O)N2CCOCC2)CC1.I. The highest BCUT2D eigenvalue weighted by Crippen LogP contribution is 2.24. The lowest BCUT2D eigenvalue weighted by molar-refractivity contribution is -0.136. The zero-order valence-electron chi connectivity index (χ0n) is 18.4. The number of morpholine rings is 1. The summed E-state index contributed by atoms with van der Waals surface area (Å²) in [5.74, 6) is 1.15. The summed E-state index contributed by atoms with van der Waals surface area (Å²) in [5, 5.41) is 3.42. The summed E-state index contributed by atoms with van der Waals surface area (Å²) in [6.45, 7) is 11.7. The molecule has 0 aromatic heterocycles. The molecule has 0 spiro atoms. The molecule has 10 heteroatoms. The van der Waals surface area contributed by atoms with Crippen LogP contribution in [0.25, 0.3) is 0 Å². The van der Waals surface area contributed by atoms with Crippen LogP contribution in [0, 0.1) is 0 Å². The van der Waals surface area contributed by atoms with Crippen molar-refractivity contribution in [3.8, 4) is 0 Å². The maximum Gasteiger partial charge on any atom is 0.236 e. The second-order valence-electron chi connectivity index (χ2n) is 7.93. The fraction of sp³-hybridized carbons (Fsp3) is 0.900. The average molecular weight is 539 g/mol. The quantitative estimate of drug-likeness (QED) is 0.295. The van der Waals surface area contributed by atoms with E-state index in [1.54, 1.807) is 7.11 Å². The number of ether oxygens (including phenoxy) is 3. The highest BCUT2D eigenvalue weighted by Gasteiger charge is 2.33. The predicted octanol–water partition coefficient (Wildman–Crippen LogP) is 0.242. The van der Waals surface area contributed by atoms with Gasteiger partial charge in [-0.2, -0.15) is 0 Å². The Morgan fingerprint density at radius 2 is 1.63 bits per heavy atom. The van der Waals surface area contributed by atoms with E-state index in [-0.39, 0.29) is 35.5 Å². The summed E-state index contributed by atoms with van der Waals surface area (Å²) in [5.41, 5.74) is -0.217. The first-order chi connectivity index (χ1) is 14.2. The Hall–Kier alpha value is -0.690. The summed E-state index contributed by atoms with van der Waals surface area (Å²) < 4.78 is 16.6. The van der Waals surface area contributed by atoms with Crippen molar-refractivity contribution in [3.63, 3.8) is 0 Å². The van der Waals surface area contributed by atoms with Crippen molar-refractivity contribution in [2.24, 2.45) is 4.99 Å². The monoisotopic (exact) mass is 539 g/mol. The molecule has 3 aliphatic rings. The zero-order chi connectivity index (χ0) is 20.5. The second kappa shape index (κ2) is 13.0. The topological polar surface area (TPSA) is 78.9 Å². The molecule has 0 bridgehead atoms. The fourth-order valence-electron chi connectivity index (χ4n) is 4.04. The Bertz CT molecular complexity index is 545. The minimum atomic E-state index is -0.217. The lowest BCUT2D eigenvalue weighted by atomic mass is 9.94. The number of hydrogen-bond acceptors (Lipinski definition) is 6. The van der Waals surface area contributed by atoms with Crippen LogP contribution >= 0.6 is 24.0 Å². The van der Waals surface area contributed by atoms with Gasteiger partial charge in [0.1, 0.15) is 0 Å². The van der Waals surface area contributed by atoms with Crippen LogP contribution in [0.4, 0.5) is 0 Å². The molecule has 1 amide bonds. The Morgan fingerprint density at radius 3 is 2.23 bits per heavy atom. The number of piperazine rings is 1. The van der Waals surface area contributed by atoms with Crippen LogP contribution in [0.1, 0.15) is 19.8 Å². The van der Waals surface area contributed by atoms with Crippen LogP contribution < -0.4 is 5.32 Å². The van der Waals surface area contributed by atoms with Gasteiger partial charge >= 0.3 is 0 Å². The number of halogens is 1. The van der Waals surface area contributed by atoms with Crippen molar-refractivity contribution in [3.05, 3.63) is 0 Å². The molecule has 3 rings (SSSR count). The van der Waals surface area contributed by atoms with E-state index in [4.69, 9.17) is 19.2 Å². The summed E-state index contributed by atoms with van der Waals surface area (Å²) in [6, 6.07) is 0. The molecule has 0 aromatic rings. The Labute approximate surface area is 197 Å². The minimum Gasteiger partial charge on any atom is -0.381 e. The van der Waals surface area contributed by atoms with Gasteiger partial charge in [0.25, 0.3) is 0 Å². The fourth-order valence-corrected chi connectivity index (χ4v) is 4.04. The van der Waals surface area contributed by atoms with Crippen LogP contribution in [0.3, 0.4) is 0 Å². The number of methoxy groups -OCH3 is 1. The van der Waals surface area contributed by atoms with Crippen molar-refractivity contribution in [2.45, 2.75) is 25.4 Å². The first-order valence-corrected chi connectivity index (χ1v) is 10.9. The molecule has 0 radical (unpaired) electrons. The van der Waals surface area contributed by atoms with Crippen LogP contribution in [0.5, 0.6) is 0 Å². The van der Waals surface area contributed by atoms with Gasteiger partial charge in [0.15, 0.2) is 5.96 Å². The number of rotatable bonds is 6. The number of aliphatic imine (C=N–C) groups is 1. The van der Waals surface area contributed by atoms with Crippen LogP contribution in [-0.4, -0.2) is 125 Å². The van der Waals surface area contributed by atoms with Gasteiger partial charge in [-0.15, -0.1) is 24.0 Å². The molecule has 9 nitrogen and oxygen atoms in total. The number of nitrogens with zero attached hydrogens (tertiary/aromatic N) is 4. The number of carbonyl (C=O) groups is 1. The van der Waals surface area contributed by atoms with Crippen LogP contribution in [0.15, 0.2) is 4.99 Å². The number of guanidine groups is 1. The van der Waals surface area contributed by atoms with E-state index in [2.05, 4.69) is 22.0 Å². The van der Waals surface area contributed by atoms with E-state index < -0.39 is 0 Å². The third-order valence-corrected chi connectivity index (χ3v) is 6.08. The molecule has 0 saturated carbocycles. The average Bonchev–Trinajstić information content (AvgIpc) is 2.78. The highest BCUT2D eigenvalue weighted by atomic mass is 127. The molecule has 0 aliphatic carbocycles. The molecule has 0 unspecified atom stereocenters. The molecule has 3 aliphatic heterocycles. The summed E-state index contributed by atoms with van der Waals surface area (Å²) >= 11 is 0. The first-order valence-electron chi connectivity index (χ1n) is 10.9. The zero-order valence-corrected chi connectivity index (χ0v) is 20.8.